The number of nitrogens with zero attached hydrogens (tertiary/aromatic N) is 1. The number of rotatable bonds is 3. The van der Waals surface area contributed by atoms with Gasteiger partial charge >= 0.3 is 0 Å². The average molecular weight is 217 g/mol. The van der Waals surface area contributed by atoms with E-state index in [1.165, 1.54) is 17.7 Å². The highest BCUT2D eigenvalue weighted by Gasteiger charge is 2.04. The van der Waals surface area contributed by atoms with Gasteiger partial charge in [0.05, 0.1) is 5.69 Å². The van der Waals surface area contributed by atoms with Gasteiger partial charge in [-0.3, -0.25) is 5.10 Å². The fourth-order valence-corrected chi connectivity index (χ4v) is 1.47. The molecule has 1 heterocycles. The maximum atomic E-state index is 4.13. The molecule has 0 amide bonds. The Bertz CT molecular complexity index is 210. The van der Waals surface area contributed by atoms with Gasteiger partial charge in [-0.15, -0.1) is 0 Å². The highest BCUT2D eigenvalue weighted by molar-refractivity contribution is 9.09. The standard InChI is InChI=1S/C8H13BrN2/c1-6-8(4-3-5-9)7(2)11-10-6/h3-5H2,1-2H3,(H,10,11). The van der Waals surface area contributed by atoms with Crippen molar-refractivity contribution in [2.75, 3.05) is 5.33 Å². The van der Waals surface area contributed by atoms with Gasteiger partial charge in [0.15, 0.2) is 0 Å². The van der Waals surface area contributed by atoms with Crippen molar-refractivity contribution in [3.63, 3.8) is 0 Å². The zero-order chi connectivity index (χ0) is 8.27. The van der Waals surface area contributed by atoms with Crippen molar-refractivity contribution in [3.8, 4) is 0 Å². The Labute approximate surface area is 75.5 Å². The van der Waals surface area contributed by atoms with Crippen LogP contribution in [0.15, 0.2) is 0 Å². The third-order valence-corrected chi connectivity index (χ3v) is 2.40. The average Bonchev–Trinajstić information content (AvgIpc) is 2.29. The Morgan fingerprint density at radius 1 is 1.45 bits per heavy atom. The van der Waals surface area contributed by atoms with Gasteiger partial charge in [0.2, 0.25) is 0 Å². The first-order chi connectivity index (χ1) is 5.25. The predicted octanol–water partition coefficient (Wildman–Crippen LogP) is 2.35. The highest BCUT2D eigenvalue weighted by atomic mass is 79.9. The number of aromatic amines is 1. The summed E-state index contributed by atoms with van der Waals surface area (Å²) in [6, 6.07) is 0. The number of alkyl halides is 1. The van der Waals surface area contributed by atoms with Crippen LogP contribution in [0.5, 0.6) is 0 Å². The summed E-state index contributed by atoms with van der Waals surface area (Å²) in [6.07, 6.45) is 2.31. The van der Waals surface area contributed by atoms with E-state index in [9.17, 15) is 0 Å². The number of nitrogens with one attached hydrogen (secondary N) is 1. The lowest BCUT2D eigenvalue weighted by molar-refractivity contribution is 0.921. The quantitative estimate of drug-likeness (QED) is 0.773. The van der Waals surface area contributed by atoms with Gasteiger partial charge < -0.3 is 0 Å². The molecule has 0 radical (unpaired) electrons. The third kappa shape index (κ3) is 2.06. The second-order valence-electron chi connectivity index (χ2n) is 2.71. The van der Waals surface area contributed by atoms with E-state index in [0.29, 0.717) is 0 Å². The van der Waals surface area contributed by atoms with E-state index in [0.717, 1.165) is 17.4 Å². The normalized spacial score (nSPS) is 10.5. The summed E-state index contributed by atoms with van der Waals surface area (Å²) in [5, 5.41) is 8.18. The molecule has 0 fully saturated rings. The smallest absolute Gasteiger partial charge is 0.0625 e. The molecule has 1 aromatic heterocycles. The molecule has 0 spiro atoms. The summed E-state index contributed by atoms with van der Waals surface area (Å²) in [6.45, 7) is 4.12. The molecule has 1 rings (SSSR count). The Morgan fingerprint density at radius 3 is 2.64 bits per heavy atom. The fourth-order valence-electron chi connectivity index (χ4n) is 1.19. The molecule has 0 bridgehead atoms. The zero-order valence-electron chi connectivity index (χ0n) is 6.95. The van der Waals surface area contributed by atoms with Gasteiger partial charge in [-0.25, -0.2) is 0 Å². The summed E-state index contributed by atoms with van der Waals surface area (Å²) in [5.74, 6) is 0. The number of aryl methyl sites for hydroxylation is 2. The predicted molar refractivity (Wildman–Crippen MR) is 50.2 cm³/mol. The number of aromatic nitrogens is 2. The van der Waals surface area contributed by atoms with Crippen molar-refractivity contribution in [1.82, 2.24) is 10.2 Å². The Hall–Kier alpha value is -0.310. The molecule has 0 atom stereocenters. The largest absolute Gasteiger partial charge is 0.282 e. The van der Waals surface area contributed by atoms with Crippen LogP contribution in [0.25, 0.3) is 0 Å². The first kappa shape index (κ1) is 8.78. The summed E-state index contributed by atoms with van der Waals surface area (Å²) >= 11 is 3.41. The Morgan fingerprint density at radius 2 is 2.18 bits per heavy atom. The molecule has 0 unspecified atom stereocenters. The second-order valence-corrected chi connectivity index (χ2v) is 3.50. The SMILES string of the molecule is Cc1n[nH]c(C)c1CCCBr. The van der Waals surface area contributed by atoms with Crippen LogP contribution in [0.1, 0.15) is 23.4 Å². The van der Waals surface area contributed by atoms with Crippen molar-refractivity contribution >= 4 is 15.9 Å². The van der Waals surface area contributed by atoms with Gasteiger partial charge in [0.1, 0.15) is 0 Å². The first-order valence-corrected chi connectivity index (χ1v) is 4.94. The van der Waals surface area contributed by atoms with Gasteiger partial charge in [0.25, 0.3) is 0 Å². The summed E-state index contributed by atoms with van der Waals surface area (Å²) in [4.78, 5) is 0. The number of hydrogen-bond acceptors (Lipinski definition) is 1. The van der Waals surface area contributed by atoms with Crippen LogP contribution in [-0.2, 0) is 6.42 Å². The van der Waals surface area contributed by atoms with Gasteiger partial charge in [0, 0.05) is 11.0 Å². The van der Waals surface area contributed by atoms with Gasteiger partial charge in [-0.2, -0.15) is 5.10 Å². The molecule has 0 aliphatic carbocycles. The Kier molecular flexibility index (Phi) is 3.12. The molecule has 1 N–H and O–H groups in total. The first-order valence-electron chi connectivity index (χ1n) is 3.82. The lowest BCUT2D eigenvalue weighted by atomic mass is 10.1. The van der Waals surface area contributed by atoms with Crippen LogP contribution in [0.3, 0.4) is 0 Å². The van der Waals surface area contributed by atoms with Gasteiger partial charge in [-0.05, 0) is 32.3 Å². The molecule has 62 valence electrons. The summed E-state index contributed by atoms with van der Waals surface area (Å²) in [5.41, 5.74) is 3.73. The van der Waals surface area contributed by atoms with Crippen molar-refractivity contribution in [2.45, 2.75) is 26.7 Å². The minimum Gasteiger partial charge on any atom is -0.282 e. The van der Waals surface area contributed by atoms with Crippen molar-refractivity contribution in [1.29, 1.82) is 0 Å². The molecule has 0 aromatic carbocycles. The molecular weight excluding hydrogens is 204 g/mol. The minimum atomic E-state index is 1.07. The lowest BCUT2D eigenvalue weighted by Crippen LogP contribution is -1.89. The summed E-state index contributed by atoms with van der Waals surface area (Å²) < 4.78 is 0. The maximum Gasteiger partial charge on any atom is 0.0625 e. The molecule has 0 aliphatic heterocycles. The molecule has 2 nitrogen and oxygen atoms in total. The van der Waals surface area contributed by atoms with Crippen LogP contribution in [0.4, 0.5) is 0 Å². The summed E-state index contributed by atoms with van der Waals surface area (Å²) in [7, 11) is 0. The van der Waals surface area contributed by atoms with E-state index in [1.807, 2.05) is 6.92 Å². The van der Waals surface area contributed by atoms with E-state index in [4.69, 9.17) is 0 Å². The van der Waals surface area contributed by atoms with E-state index >= 15 is 0 Å². The minimum absolute atomic E-state index is 1.07. The molecular formula is C8H13BrN2. The topological polar surface area (TPSA) is 28.7 Å². The molecule has 3 heteroatoms. The monoisotopic (exact) mass is 216 g/mol. The highest BCUT2D eigenvalue weighted by Crippen LogP contribution is 2.11. The van der Waals surface area contributed by atoms with Crippen LogP contribution >= 0.6 is 15.9 Å². The van der Waals surface area contributed by atoms with Gasteiger partial charge in [-0.1, -0.05) is 15.9 Å². The van der Waals surface area contributed by atoms with Crippen molar-refractivity contribution in [3.05, 3.63) is 17.0 Å². The van der Waals surface area contributed by atoms with Crippen LogP contribution in [-0.4, -0.2) is 15.5 Å². The van der Waals surface area contributed by atoms with E-state index in [2.05, 4.69) is 33.1 Å². The molecule has 0 aliphatic rings. The fraction of sp³-hybridized carbons (Fsp3) is 0.625. The van der Waals surface area contributed by atoms with Crippen LogP contribution in [0.2, 0.25) is 0 Å². The number of hydrogen-bond donors (Lipinski definition) is 1. The van der Waals surface area contributed by atoms with Crippen LogP contribution in [0, 0.1) is 13.8 Å². The van der Waals surface area contributed by atoms with E-state index in [1.54, 1.807) is 0 Å². The number of H-pyrrole nitrogens is 1. The van der Waals surface area contributed by atoms with E-state index in [-0.39, 0.29) is 0 Å². The third-order valence-electron chi connectivity index (χ3n) is 1.84. The zero-order valence-corrected chi connectivity index (χ0v) is 8.53. The van der Waals surface area contributed by atoms with Crippen molar-refractivity contribution < 1.29 is 0 Å². The molecule has 11 heavy (non-hydrogen) atoms. The molecule has 0 saturated heterocycles. The van der Waals surface area contributed by atoms with Crippen molar-refractivity contribution in [2.24, 2.45) is 0 Å². The second kappa shape index (κ2) is 3.90. The maximum absolute atomic E-state index is 4.13. The van der Waals surface area contributed by atoms with Crippen LogP contribution < -0.4 is 0 Å². The molecule has 1 aromatic rings. The Balaban J connectivity index is 2.67. The molecule has 0 saturated carbocycles. The lowest BCUT2D eigenvalue weighted by Gasteiger charge is -1.96. The number of halogens is 1. The van der Waals surface area contributed by atoms with E-state index < -0.39 is 0 Å².